The molecule has 2 aliphatic heterocycles. The van der Waals surface area contributed by atoms with Gasteiger partial charge in [0.25, 0.3) is 5.91 Å². The lowest BCUT2D eigenvalue weighted by Gasteiger charge is -2.36. The van der Waals surface area contributed by atoms with Crippen LogP contribution in [0.15, 0.2) is 76.6 Å². The van der Waals surface area contributed by atoms with Gasteiger partial charge in [-0.2, -0.15) is 31.3 Å². The van der Waals surface area contributed by atoms with Crippen molar-refractivity contribution in [3.05, 3.63) is 93.9 Å². The zero-order valence-electron chi connectivity index (χ0n) is 22.7. The lowest BCUT2D eigenvalue weighted by atomic mass is 10.0. The van der Waals surface area contributed by atoms with Crippen molar-refractivity contribution < 1.29 is 40.6 Å². The van der Waals surface area contributed by atoms with Crippen molar-refractivity contribution in [2.45, 2.75) is 19.0 Å². The maximum Gasteiger partial charge on any atom is 0.416 e. The van der Waals surface area contributed by atoms with Crippen molar-refractivity contribution in [3.63, 3.8) is 0 Å². The van der Waals surface area contributed by atoms with Gasteiger partial charge >= 0.3 is 12.4 Å². The van der Waals surface area contributed by atoms with Gasteiger partial charge in [-0.15, -0.1) is 0 Å². The van der Waals surface area contributed by atoms with Crippen LogP contribution in [-0.4, -0.2) is 49.3 Å². The minimum absolute atomic E-state index is 0.0704. The van der Waals surface area contributed by atoms with Crippen molar-refractivity contribution in [1.29, 1.82) is 0 Å². The Bertz CT molecular complexity index is 1550. The molecule has 0 saturated carbocycles. The molecule has 3 aromatic carbocycles. The van der Waals surface area contributed by atoms with E-state index in [4.69, 9.17) is 9.47 Å². The number of carbonyl (C=O) groups is 1. The zero-order chi connectivity index (χ0) is 30.8. The number of piperazine rings is 1. The van der Waals surface area contributed by atoms with Gasteiger partial charge < -0.3 is 19.3 Å². The predicted molar refractivity (Wildman–Crippen MR) is 152 cm³/mol. The van der Waals surface area contributed by atoms with Crippen LogP contribution in [0.25, 0.3) is 6.08 Å². The minimum Gasteiger partial charge on any atom is -0.493 e. The van der Waals surface area contributed by atoms with Gasteiger partial charge in [0.05, 0.1) is 23.1 Å². The van der Waals surface area contributed by atoms with E-state index in [-0.39, 0.29) is 23.5 Å². The quantitative estimate of drug-likeness (QED) is 0.216. The van der Waals surface area contributed by atoms with Crippen LogP contribution in [-0.2, 0) is 23.8 Å². The molecule has 3 aromatic rings. The number of thioether (sulfide) groups is 1. The maximum absolute atomic E-state index is 13.5. The number of para-hydroxylation sites is 1. The van der Waals surface area contributed by atoms with E-state index >= 15 is 0 Å². The largest absolute Gasteiger partial charge is 0.493 e. The molecule has 1 amide bonds. The van der Waals surface area contributed by atoms with Crippen LogP contribution < -0.4 is 14.4 Å². The topological polar surface area (TPSA) is 54.4 Å². The Kier molecular flexibility index (Phi) is 8.63. The van der Waals surface area contributed by atoms with Crippen molar-refractivity contribution >= 4 is 34.6 Å². The van der Waals surface area contributed by atoms with Gasteiger partial charge in [-0.1, -0.05) is 30.3 Å². The number of nitrogens with zero attached hydrogens (tertiary/aromatic N) is 3. The normalized spacial score (nSPS) is 17.0. The number of hydrogen-bond donors (Lipinski definition) is 0. The Morgan fingerprint density at radius 2 is 1.56 bits per heavy atom. The minimum atomic E-state index is -5.01. The third-order valence-electron chi connectivity index (χ3n) is 6.89. The first-order valence-corrected chi connectivity index (χ1v) is 13.9. The molecule has 43 heavy (non-hydrogen) atoms. The molecular weight excluding hydrogens is 596 g/mol. The number of alkyl halides is 6. The van der Waals surface area contributed by atoms with Gasteiger partial charge in [0.15, 0.2) is 16.7 Å². The molecule has 1 fully saturated rings. The van der Waals surface area contributed by atoms with Crippen LogP contribution in [0.3, 0.4) is 0 Å². The Labute approximate surface area is 247 Å². The van der Waals surface area contributed by atoms with Gasteiger partial charge in [-0.3, -0.25) is 4.79 Å². The van der Waals surface area contributed by atoms with Crippen molar-refractivity contribution in [2.75, 3.05) is 38.2 Å². The first-order valence-electron chi connectivity index (χ1n) is 13.1. The average molecular weight is 622 g/mol. The number of aliphatic imine (C=N–C) groups is 1. The summed E-state index contributed by atoms with van der Waals surface area (Å²) in [5.41, 5.74) is -1.59. The second-order valence-electron chi connectivity index (χ2n) is 9.69. The van der Waals surface area contributed by atoms with E-state index in [2.05, 4.69) is 26.9 Å². The maximum atomic E-state index is 13.5. The van der Waals surface area contributed by atoms with Crippen LogP contribution in [0.5, 0.6) is 11.5 Å². The fraction of sp³-hybridized carbons (Fsp3) is 0.267. The van der Waals surface area contributed by atoms with Crippen molar-refractivity contribution in [1.82, 2.24) is 4.90 Å². The first-order chi connectivity index (χ1) is 20.4. The molecule has 0 aromatic heterocycles. The van der Waals surface area contributed by atoms with Gasteiger partial charge in [0, 0.05) is 37.4 Å². The summed E-state index contributed by atoms with van der Waals surface area (Å²) in [6.07, 6.45) is -8.30. The molecule has 0 N–H and O–H groups in total. The highest BCUT2D eigenvalue weighted by Crippen LogP contribution is 2.39. The van der Waals surface area contributed by atoms with E-state index in [1.807, 2.05) is 18.2 Å². The molecule has 13 heteroatoms. The van der Waals surface area contributed by atoms with Gasteiger partial charge in [-0.25, -0.2) is 0 Å². The first kappa shape index (κ1) is 30.3. The highest BCUT2D eigenvalue weighted by molar-refractivity contribution is 8.18. The molecule has 0 bridgehead atoms. The molecule has 226 valence electrons. The Balaban J connectivity index is 1.25. The van der Waals surface area contributed by atoms with E-state index in [9.17, 15) is 31.1 Å². The monoisotopic (exact) mass is 621 g/mol. The number of carbonyl (C=O) groups excluding carboxylic acids is 1. The summed E-state index contributed by atoms with van der Waals surface area (Å²) in [5, 5.41) is 0.618. The number of hydrogen-bond acceptors (Lipinski definition) is 6. The molecule has 2 aliphatic rings. The van der Waals surface area contributed by atoms with Crippen LogP contribution in [0, 0.1) is 0 Å². The summed E-state index contributed by atoms with van der Waals surface area (Å²) < 4.78 is 90.3. The number of halogens is 6. The lowest BCUT2D eigenvalue weighted by Crippen LogP contribution is -2.47. The van der Waals surface area contributed by atoms with Crippen LogP contribution in [0.4, 0.5) is 32.0 Å². The Hall–Kier alpha value is -4.13. The third-order valence-corrected chi connectivity index (χ3v) is 7.94. The number of amidine groups is 1. The second kappa shape index (κ2) is 12.2. The summed E-state index contributed by atoms with van der Waals surface area (Å²) in [4.78, 5) is 21.6. The molecular formula is C30H25F6N3O3S. The fourth-order valence-corrected chi connectivity index (χ4v) is 5.64. The van der Waals surface area contributed by atoms with Gasteiger partial charge in [0.1, 0.15) is 6.61 Å². The summed E-state index contributed by atoms with van der Waals surface area (Å²) in [5.74, 6) is -0.133. The smallest absolute Gasteiger partial charge is 0.416 e. The number of rotatable bonds is 6. The molecule has 0 aliphatic carbocycles. The highest BCUT2D eigenvalue weighted by atomic mass is 32.2. The van der Waals surface area contributed by atoms with E-state index in [1.165, 1.54) is 24.9 Å². The fourth-order valence-electron chi connectivity index (χ4n) is 4.67. The summed E-state index contributed by atoms with van der Waals surface area (Å²) in [6.45, 7) is 2.33. The molecule has 2 heterocycles. The average Bonchev–Trinajstić information content (AvgIpc) is 3.35. The number of methoxy groups -OCH3 is 1. The van der Waals surface area contributed by atoms with E-state index in [1.54, 1.807) is 18.2 Å². The zero-order valence-corrected chi connectivity index (χ0v) is 23.5. The second-order valence-corrected chi connectivity index (χ2v) is 10.7. The molecule has 0 unspecified atom stereocenters. The van der Waals surface area contributed by atoms with Crippen molar-refractivity contribution in [3.8, 4) is 11.5 Å². The molecule has 1 saturated heterocycles. The Morgan fingerprint density at radius 3 is 2.21 bits per heavy atom. The molecule has 6 nitrogen and oxygen atoms in total. The van der Waals surface area contributed by atoms with E-state index < -0.39 is 35.6 Å². The Morgan fingerprint density at radius 1 is 0.860 bits per heavy atom. The van der Waals surface area contributed by atoms with Crippen LogP contribution in [0.1, 0.15) is 22.3 Å². The molecule has 5 rings (SSSR count). The highest BCUT2D eigenvalue weighted by Gasteiger charge is 2.38. The van der Waals surface area contributed by atoms with Gasteiger partial charge in [0.2, 0.25) is 0 Å². The van der Waals surface area contributed by atoms with Crippen molar-refractivity contribution in [2.24, 2.45) is 4.99 Å². The molecule has 0 radical (unpaired) electrons. The van der Waals surface area contributed by atoms with Crippen LogP contribution in [0.2, 0.25) is 0 Å². The number of benzene rings is 3. The standard InChI is InChI=1S/C30H25F6N3O3S/c1-41-25-15-19(7-10-24(25)42-18-20-8-9-21(29(31,32)33)17-23(20)30(34,35)36)16-26-27(40)37-28(43-26)39-13-11-38(12-14-39)22-5-3-2-4-6-22/h2-10,15-17H,11-14,18H2,1H3/b26-16+. The summed E-state index contributed by atoms with van der Waals surface area (Å²) in [6, 6.07) is 16.1. The molecule has 0 spiro atoms. The SMILES string of the molecule is COc1cc(/C=C2/SC(N3CCN(c4ccccc4)CC3)=NC2=O)ccc1OCc1ccc(C(F)(F)F)cc1C(F)(F)F. The molecule has 0 atom stereocenters. The lowest BCUT2D eigenvalue weighted by molar-refractivity contribution is -0.143. The van der Waals surface area contributed by atoms with E-state index in [0.29, 0.717) is 34.8 Å². The third kappa shape index (κ3) is 7.10. The van der Waals surface area contributed by atoms with Crippen LogP contribution >= 0.6 is 11.8 Å². The number of anilines is 1. The summed E-state index contributed by atoms with van der Waals surface area (Å²) >= 11 is 1.26. The van der Waals surface area contributed by atoms with E-state index in [0.717, 1.165) is 24.8 Å². The summed E-state index contributed by atoms with van der Waals surface area (Å²) in [7, 11) is 1.34. The van der Waals surface area contributed by atoms with Gasteiger partial charge in [-0.05, 0) is 59.8 Å². The predicted octanol–water partition coefficient (Wildman–Crippen LogP) is 7.10. The number of ether oxygens (including phenoxy) is 2. The number of amides is 1.